The van der Waals surface area contributed by atoms with Crippen LogP contribution < -0.4 is 5.32 Å². The highest BCUT2D eigenvalue weighted by atomic mass is 35.5. The summed E-state index contributed by atoms with van der Waals surface area (Å²) in [5, 5.41) is 3.64. The Kier molecular flexibility index (Phi) is 3.53. The second kappa shape index (κ2) is 4.81. The van der Waals surface area contributed by atoms with E-state index in [2.05, 4.69) is 5.32 Å². The maximum absolute atomic E-state index is 11.7. The van der Waals surface area contributed by atoms with Crippen molar-refractivity contribution in [3.05, 3.63) is 34.3 Å². The maximum atomic E-state index is 11.7. The zero-order valence-electron chi connectivity index (χ0n) is 10.9. The number of fused-ring (bicyclic) bond motifs is 1. The van der Waals surface area contributed by atoms with E-state index in [0.29, 0.717) is 0 Å². The van der Waals surface area contributed by atoms with Crippen molar-refractivity contribution in [3.63, 3.8) is 0 Å². The average Bonchev–Trinajstić information content (AvgIpc) is 2.55. The van der Waals surface area contributed by atoms with Crippen molar-refractivity contribution in [1.82, 2.24) is 5.32 Å². The smallest absolute Gasteiger partial charge is 0.407 e. The molecule has 98 valence electrons. The van der Waals surface area contributed by atoms with Crippen LogP contribution in [0.2, 0.25) is 5.02 Å². The van der Waals surface area contributed by atoms with Crippen molar-refractivity contribution in [3.8, 4) is 0 Å². The van der Waals surface area contributed by atoms with Crippen LogP contribution in [0.15, 0.2) is 18.2 Å². The van der Waals surface area contributed by atoms with Crippen LogP contribution in [0.1, 0.15) is 31.9 Å². The number of nitrogens with one attached hydrogen (secondary N) is 1. The third kappa shape index (κ3) is 3.39. The SMILES string of the molecule is CC(C)(C)OC(=O)NC1Cc2ccc(Cl)cc2C1. The second-order valence-corrected chi connectivity index (χ2v) is 6.10. The molecule has 2 rings (SSSR count). The van der Waals surface area contributed by atoms with E-state index in [4.69, 9.17) is 16.3 Å². The Morgan fingerprint density at radius 2 is 2.00 bits per heavy atom. The molecule has 0 heterocycles. The Morgan fingerprint density at radius 3 is 2.67 bits per heavy atom. The molecule has 1 N–H and O–H groups in total. The van der Waals surface area contributed by atoms with Gasteiger partial charge in [0.25, 0.3) is 0 Å². The zero-order chi connectivity index (χ0) is 13.3. The molecule has 0 saturated heterocycles. The lowest BCUT2D eigenvalue weighted by atomic mass is 10.1. The summed E-state index contributed by atoms with van der Waals surface area (Å²) in [6.07, 6.45) is 1.30. The van der Waals surface area contributed by atoms with Gasteiger partial charge in [0.15, 0.2) is 0 Å². The normalized spacial score (nSPS) is 18.3. The van der Waals surface area contributed by atoms with E-state index < -0.39 is 5.60 Å². The van der Waals surface area contributed by atoms with Gasteiger partial charge in [-0.2, -0.15) is 0 Å². The van der Waals surface area contributed by atoms with Gasteiger partial charge in [-0.15, -0.1) is 0 Å². The number of ether oxygens (including phenoxy) is 1. The van der Waals surface area contributed by atoms with Gasteiger partial charge in [-0.1, -0.05) is 17.7 Å². The Morgan fingerprint density at radius 1 is 1.33 bits per heavy atom. The predicted octanol–water partition coefficient (Wildman–Crippen LogP) is 3.33. The van der Waals surface area contributed by atoms with Crippen LogP contribution in [-0.4, -0.2) is 17.7 Å². The number of carbonyl (C=O) groups excluding carboxylic acids is 1. The summed E-state index contributed by atoms with van der Waals surface area (Å²) >= 11 is 5.95. The van der Waals surface area contributed by atoms with Crippen molar-refractivity contribution in [2.24, 2.45) is 0 Å². The molecule has 0 bridgehead atoms. The van der Waals surface area contributed by atoms with Crippen LogP contribution in [0.4, 0.5) is 4.79 Å². The number of hydrogen-bond donors (Lipinski definition) is 1. The summed E-state index contributed by atoms with van der Waals surface area (Å²) in [7, 11) is 0. The molecule has 1 aromatic carbocycles. The van der Waals surface area contributed by atoms with Gasteiger partial charge in [0.05, 0.1) is 0 Å². The fourth-order valence-corrected chi connectivity index (χ4v) is 2.36. The highest BCUT2D eigenvalue weighted by molar-refractivity contribution is 6.30. The molecule has 1 aliphatic carbocycles. The number of amides is 1. The predicted molar refractivity (Wildman–Crippen MR) is 72.0 cm³/mol. The monoisotopic (exact) mass is 267 g/mol. The molecule has 1 unspecified atom stereocenters. The minimum atomic E-state index is -0.459. The van der Waals surface area contributed by atoms with Crippen LogP contribution in [-0.2, 0) is 17.6 Å². The molecule has 18 heavy (non-hydrogen) atoms. The van der Waals surface area contributed by atoms with Gasteiger partial charge in [-0.3, -0.25) is 0 Å². The molecule has 0 aromatic heterocycles. The van der Waals surface area contributed by atoms with E-state index in [0.717, 1.165) is 17.9 Å². The van der Waals surface area contributed by atoms with Gasteiger partial charge in [0.1, 0.15) is 5.60 Å². The summed E-state index contributed by atoms with van der Waals surface area (Å²) < 4.78 is 5.25. The first-order chi connectivity index (χ1) is 8.33. The molecule has 0 fully saturated rings. The van der Waals surface area contributed by atoms with E-state index in [1.807, 2.05) is 39.0 Å². The fraction of sp³-hybridized carbons (Fsp3) is 0.500. The summed E-state index contributed by atoms with van der Waals surface area (Å²) in [6, 6.07) is 5.98. The van der Waals surface area contributed by atoms with E-state index in [1.54, 1.807) is 0 Å². The van der Waals surface area contributed by atoms with Gasteiger partial charge < -0.3 is 10.1 Å². The average molecular weight is 268 g/mol. The standard InChI is InChI=1S/C14H18ClNO2/c1-14(2,3)18-13(17)16-12-7-9-4-5-11(15)6-10(9)8-12/h4-6,12H,7-8H2,1-3H3,(H,16,17). The van der Waals surface area contributed by atoms with Crippen molar-refractivity contribution >= 4 is 17.7 Å². The largest absolute Gasteiger partial charge is 0.444 e. The summed E-state index contributed by atoms with van der Waals surface area (Å²) in [6.45, 7) is 5.57. The second-order valence-electron chi connectivity index (χ2n) is 5.66. The number of benzene rings is 1. The lowest BCUT2D eigenvalue weighted by Gasteiger charge is -2.21. The molecular formula is C14H18ClNO2. The van der Waals surface area contributed by atoms with E-state index >= 15 is 0 Å². The molecule has 0 radical (unpaired) electrons. The lowest BCUT2D eigenvalue weighted by molar-refractivity contribution is 0.0506. The number of carbonyl (C=O) groups is 1. The van der Waals surface area contributed by atoms with Gasteiger partial charge in [-0.05, 0) is 56.9 Å². The first-order valence-corrected chi connectivity index (χ1v) is 6.48. The molecule has 3 nitrogen and oxygen atoms in total. The first kappa shape index (κ1) is 13.2. The highest BCUT2D eigenvalue weighted by Crippen LogP contribution is 2.25. The number of halogens is 1. The Hall–Kier alpha value is -1.22. The maximum Gasteiger partial charge on any atom is 0.407 e. The van der Waals surface area contributed by atoms with Crippen LogP contribution >= 0.6 is 11.6 Å². The van der Waals surface area contributed by atoms with Crippen LogP contribution in [0.5, 0.6) is 0 Å². The van der Waals surface area contributed by atoms with Crippen molar-refractivity contribution in [1.29, 1.82) is 0 Å². The van der Waals surface area contributed by atoms with Gasteiger partial charge in [-0.25, -0.2) is 4.79 Å². The quantitative estimate of drug-likeness (QED) is 0.848. The zero-order valence-corrected chi connectivity index (χ0v) is 11.7. The number of rotatable bonds is 1. The minimum absolute atomic E-state index is 0.105. The van der Waals surface area contributed by atoms with E-state index in [1.165, 1.54) is 11.1 Å². The molecule has 1 aromatic rings. The third-order valence-electron chi connectivity index (χ3n) is 2.82. The minimum Gasteiger partial charge on any atom is -0.444 e. The van der Waals surface area contributed by atoms with Gasteiger partial charge in [0, 0.05) is 11.1 Å². The Labute approximate surface area is 112 Å². The van der Waals surface area contributed by atoms with Crippen LogP contribution in [0, 0.1) is 0 Å². The van der Waals surface area contributed by atoms with Crippen LogP contribution in [0.3, 0.4) is 0 Å². The van der Waals surface area contributed by atoms with Crippen LogP contribution in [0.25, 0.3) is 0 Å². The summed E-state index contributed by atoms with van der Waals surface area (Å²) in [5.74, 6) is 0. The molecule has 4 heteroatoms. The molecular weight excluding hydrogens is 250 g/mol. The Balaban J connectivity index is 1.94. The molecule has 1 atom stereocenters. The molecule has 0 aliphatic heterocycles. The van der Waals surface area contributed by atoms with Gasteiger partial charge >= 0.3 is 6.09 Å². The number of hydrogen-bond acceptors (Lipinski definition) is 2. The van der Waals surface area contributed by atoms with Gasteiger partial charge in [0.2, 0.25) is 0 Å². The highest BCUT2D eigenvalue weighted by Gasteiger charge is 2.25. The number of alkyl carbamates (subject to hydrolysis) is 1. The first-order valence-electron chi connectivity index (χ1n) is 6.10. The Bertz CT molecular complexity index is 465. The molecule has 0 spiro atoms. The molecule has 1 aliphatic rings. The third-order valence-corrected chi connectivity index (χ3v) is 3.06. The van der Waals surface area contributed by atoms with Crippen molar-refractivity contribution in [2.45, 2.75) is 45.3 Å². The fourth-order valence-electron chi connectivity index (χ4n) is 2.16. The lowest BCUT2D eigenvalue weighted by Crippen LogP contribution is -2.39. The van der Waals surface area contributed by atoms with Crippen molar-refractivity contribution in [2.75, 3.05) is 0 Å². The van der Waals surface area contributed by atoms with E-state index in [-0.39, 0.29) is 12.1 Å². The summed E-state index contributed by atoms with van der Waals surface area (Å²) in [4.78, 5) is 11.7. The van der Waals surface area contributed by atoms with E-state index in [9.17, 15) is 4.79 Å². The van der Waals surface area contributed by atoms with Crippen molar-refractivity contribution < 1.29 is 9.53 Å². The topological polar surface area (TPSA) is 38.3 Å². The molecule has 0 saturated carbocycles. The summed E-state index contributed by atoms with van der Waals surface area (Å²) in [5.41, 5.74) is 2.00. The molecule has 1 amide bonds.